The molecule has 0 N–H and O–H groups in total. The van der Waals surface area contributed by atoms with Crippen LogP contribution in [0.1, 0.15) is 51.9 Å². The summed E-state index contributed by atoms with van der Waals surface area (Å²) in [4.78, 5) is 12.4. The summed E-state index contributed by atoms with van der Waals surface area (Å²) in [5.74, 6) is 1.58. The molecule has 2 rings (SSSR count). The highest BCUT2D eigenvalue weighted by Crippen LogP contribution is 2.37. The smallest absolute Gasteiger partial charge is 0.140 e. The molecule has 2 aliphatic carbocycles. The number of hydrogen-bond acceptors (Lipinski definition) is 1. The van der Waals surface area contributed by atoms with Crippen molar-refractivity contribution in [2.45, 2.75) is 62.6 Å². The van der Waals surface area contributed by atoms with Crippen LogP contribution < -0.4 is 0 Å². The molecule has 2 fully saturated rings. The van der Waals surface area contributed by atoms with Crippen LogP contribution in [0.25, 0.3) is 0 Å². The highest BCUT2D eigenvalue weighted by Gasteiger charge is 2.37. The molecule has 3 unspecified atom stereocenters. The van der Waals surface area contributed by atoms with Crippen molar-refractivity contribution in [3.8, 4) is 0 Å². The van der Waals surface area contributed by atoms with Gasteiger partial charge in [0.2, 0.25) is 0 Å². The second kappa shape index (κ2) is 5.93. The minimum Gasteiger partial charge on any atom is -0.299 e. The Morgan fingerprint density at radius 2 is 1.65 bits per heavy atom. The van der Waals surface area contributed by atoms with Gasteiger partial charge >= 0.3 is 0 Å². The minimum atomic E-state index is -0.0295. The van der Waals surface area contributed by atoms with Crippen molar-refractivity contribution in [1.29, 1.82) is 0 Å². The van der Waals surface area contributed by atoms with Gasteiger partial charge in [-0.1, -0.05) is 19.8 Å². The van der Waals surface area contributed by atoms with E-state index in [4.69, 9.17) is 23.2 Å². The van der Waals surface area contributed by atoms with Gasteiger partial charge in [0.1, 0.15) is 5.78 Å². The normalized spacial score (nSPS) is 43.4. The van der Waals surface area contributed by atoms with Gasteiger partial charge < -0.3 is 0 Å². The van der Waals surface area contributed by atoms with Crippen LogP contribution in [0.2, 0.25) is 0 Å². The molecule has 0 aromatic rings. The van der Waals surface area contributed by atoms with Crippen molar-refractivity contribution in [1.82, 2.24) is 0 Å². The highest BCUT2D eigenvalue weighted by atomic mass is 35.5. The van der Waals surface area contributed by atoms with Crippen LogP contribution in [0.5, 0.6) is 0 Å². The van der Waals surface area contributed by atoms with Gasteiger partial charge in [0.05, 0.1) is 0 Å². The molecular weight excluding hydrogens is 255 g/mol. The summed E-state index contributed by atoms with van der Waals surface area (Å²) in [6.45, 7) is 2.28. The monoisotopic (exact) mass is 276 g/mol. The molecule has 0 saturated heterocycles. The van der Waals surface area contributed by atoms with Gasteiger partial charge in [-0.3, -0.25) is 4.79 Å². The van der Waals surface area contributed by atoms with Crippen molar-refractivity contribution in [3.05, 3.63) is 0 Å². The molecule has 1 nitrogen and oxygen atoms in total. The first-order chi connectivity index (χ1) is 8.08. The van der Waals surface area contributed by atoms with Gasteiger partial charge in [0.15, 0.2) is 0 Å². The summed E-state index contributed by atoms with van der Waals surface area (Å²) in [6, 6.07) is 0. The van der Waals surface area contributed by atoms with E-state index in [0.29, 0.717) is 5.78 Å². The maximum absolute atomic E-state index is 12.4. The summed E-state index contributed by atoms with van der Waals surface area (Å²) in [5, 5.41) is 0.144. The van der Waals surface area contributed by atoms with E-state index in [9.17, 15) is 4.79 Å². The van der Waals surface area contributed by atoms with Gasteiger partial charge in [-0.15, -0.1) is 23.2 Å². The Hall–Kier alpha value is 0.250. The zero-order valence-corrected chi connectivity index (χ0v) is 12.0. The summed E-state index contributed by atoms with van der Waals surface area (Å²) in [7, 11) is 0. The lowest BCUT2D eigenvalue weighted by Crippen LogP contribution is -2.36. The predicted octanol–water partition coefficient (Wildman–Crippen LogP) is 4.40. The molecule has 0 bridgehead atoms. The zero-order valence-electron chi connectivity index (χ0n) is 10.5. The van der Waals surface area contributed by atoms with Gasteiger partial charge in [0, 0.05) is 22.6 Å². The third kappa shape index (κ3) is 3.38. The second-order valence-electron chi connectivity index (χ2n) is 5.89. The van der Waals surface area contributed by atoms with Crippen LogP contribution in [-0.4, -0.2) is 16.5 Å². The number of alkyl halides is 2. The van der Waals surface area contributed by atoms with Crippen LogP contribution in [0.3, 0.4) is 0 Å². The maximum Gasteiger partial charge on any atom is 0.140 e. The average Bonchev–Trinajstić information content (AvgIpc) is 2.29. The highest BCUT2D eigenvalue weighted by molar-refractivity contribution is 6.25. The minimum absolute atomic E-state index is 0.0295. The van der Waals surface area contributed by atoms with E-state index in [0.717, 1.165) is 38.0 Å². The van der Waals surface area contributed by atoms with Crippen molar-refractivity contribution in [3.63, 3.8) is 0 Å². The third-order valence-corrected chi connectivity index (χ3v) is 5.37. The van der Waals surface area contributed by atoms with Gasteiger partial charge in [-0.2, -0.15) is 0 Å². The lowest BCUT2D eigenvalue weighted by atomic mass is 9.74. The second-order valence-corrected chi connectivity index (χ2v) is 7.07. The molecule has 2 aliphatic rings. The molecule has 0 heterocycles. The summed E-state index contributed by atoms with van der Waals surface area (Å²) >= 11 is 12.4. The molecule has 2 saturated carbocycles. The maximum atomic E-state index is 12.4. The summed E-state index contributed by atoms with van der Waals surface area (Å²) in [6.07, 6.45) is 7.19. The summed E-state index contributed by atoms with van der Waals surface area (Å²) < 4.78 is 0. The number of Topliss-reactive ketones (excluding diaryl/α,β-unsaturated/α-hetero) is 1. The predicted molar refractivity (Wildman–Crippen MR) is 72.8 cm³/mol. The Morgan fingerprint density at radius 1 is 1.00 bits per heavy atom. The van der Waals surface area contributed by atoms with E-state index in [1.54, 1.807) is 0 Å². The number of carbonyl (C=O) groups excluding carboxylic acids is 1. The molecule has 0 radical (unpaired) electrons. The molecular formula is C14H22Cl2O. The Kier molecular flexibility index (Phi) is 4.77. The lowest BCUT2D eigenvalue weighted by molar-refractivity contribution is -0.128. The van der Waals surface area contributed by atoms with Crippen LogP contribution >= 0.6 is 23.2 Å². The number of halogens is 2. The van der Waals surface area contributed by atoms with Gasteiger partial charge in [0.25, 0.3) is 0 Å². The first kappa shape index (κ1) is 13.7. The summed E-state index contributed by atoms with van der Waals surface area (Å²) in [5.41, 5.74) is 0. The molecule has 0 spiro atoms. The number of rotatable bonds is 2. The molecule has 17 heavy (non-hydrogen) atoms. The Morgan fingerprint density at radius 3 is 2.24 bits per heavy atom. The van der Waals surface area contributed by atoms with Crippen molar-refractivity contribution in [2.75, 3.05) is 0 Å². The molecule has 0 aromatic carbocycles. The topological polar surface area (TPSA) is 17.1 Å². The number of ketones is 1. The first-order valence-corrected chi connectivity index (χ1v) is 7.77. The van der Waals surface area contributed by atoms with Crippen LogP contribution in [0.4, 0.5) is 0 Å². The van der Waals surface area contributed by atoms with Crippen molar-refractivity contribution in [2.24, 2.45) is 17.8 Å². The largest absolute Gasteiger partial charge is 0.299 e. The SMILES string of the molecule is CC1CCC(C(=O)C2CCC(Cl)CC2Cl)CC1. The molecule has 0 amide bonds. The fraction of sp³-hybridized carbons (Fsp3) is 0.929. The molecule has 0 aliphatic heterocycles. The molecule has 0 aromatic heterocycles. The van der Waals surface area contributed by atoms with Crippen LogP contribution in [0.15, 0.2) is 0 Å². The van der Waals surface area contributed by atoms with Gasteiger partial charge in [-0.05, 0) is 38.0 Å². The van der Waals surface area contributed by atoms with E-state index in [-0.39, 0.29) is 22.6 Å². The fourth-order valence-electron chi connectivity index (χ4n) is 3.24. The van der Waals surface area contributed by atoms with E-state index in [2.05, 4.69) is 6.92 Å². The fourth-order valence-corrected chi connectivity index (χ4v) is 4.11. The van der Waals surface area contributed by atoms with E-state index >= 15 is 0 Å². The van der Waals surface area contributed by atoms with Crippen LogP contribution in [0, 0.1) is 17.8 Å². The standard InChI is InChI=1S/C14H22Cl2O/c1-9-2-4-10(5-3-9)14(17)12-7-6-11(15)8-13(12)16/h9-13H,2-8H2,1H3. The van der Waals surface area contributed by atoms with E-state index < -0.39 is 0 Å². The third-order valence-electron chi connectivity index (χ3n) is 4.49. The molecule has 3 heteroatoms. The van der Waals surface area contributed by atoms with Crippen LogP contribution in [-0.2, 0) is 4.79 Å². The van der Waals surface area contributed by atoms with E-state index in [1.807, 2.05) is 0 Å². The quantitative estimate of drug-likeness (QED) is 0.684. The Balaban J connectivity index is 1.91. The van der Waals surface area contributed by atoms with Gasteiger partial charge in [-0.25, -0.2) is 0 Å². The first-order valence-electron chi connectivity index (χ1n) is 6.89. The van der Waals surface area contributed by atoms with E-state index in [1.165, 1.54) is 12.8 Å². The number of carbonyl (C=O) groups is 1. The zero-order chi connectivity index (χ0) is 12.4. The van der Waals surface area contributed by atoms with Crippen molar-refractivity contribution >= 4 is 29.0 Å². The Bertz CT molecular complexity index is 271. The Labute approximate surface area is 114 Å². The lowest BCUT2D eigenvalue weighted by Gasteiger charge is -2.33. The average molecular weight is 277 g/mol. The molecule has 98 valence electrons. The number of hydrogen-bond donors (Lipinski definition) is 0. The molecule has 3 atom stereocenters. The van der Waals surface area contributed by atoms with Crippen molar-refractivity contribution < 1.29 is 4.79 Å².